The van der Waals surface area contributed by atoms with Gasteiger partial charge >= 0.3 is 0 Å². The first-order chi connectivity index (χ1) is 11.0. The number of likely N-dealkylation sites (tertiary alicyclic amines) is 1. The van der Waals surface area contributed by atoms with E-state index in [1.54, 1.807) is 4.90 Å². The third-order valence-electron chi connectivity index (χ3n) is 4.55. The Morgan fingerprint density at radius 2 is 1.96 bits per heavy atom. The molecule has 1 atom stereocenters. The molecule has 2 aliphatic rings. The van der Waals surface area contributed by atoms with Crippen LogP contribution >= 0.6 is 0 Å². The number of amides is 1. The zero-order valence-electron chi connectivity index (χ0n) is 13.0. The molecule has 0 aromatic heterocycles. The van der Waals surface area contributed by atoms with Crippen LogP contribution < -0.4 is 5.32 Å². The number of piperidine rings is 1. The molecule has 1 saturated heterocycles. The number of hydrogen-bond acceptors (Lipinski definition) is 3. The molecular formula is C17H22F2N2O2. The Balaban J connectivity index is 1.56. The van der Waals surface area contributed by atoms with E-state index in [1.165, 1.54) is 12.1 Å². The first-order valence-electron chi connectivity index (χ1n) is 8.14. The summed E-state index contributed by atoms with van der Waals surface area (Å²) in [7, 11) is 0. The summed E-state index contributed by atoms with van der Waals surface area (Å²) >= 11 is 0. The van der Waals surface area contributed by atoms with E-state index in [-0.39, 0.29) is 19.0 Å². The van der Waals surface area contributed by atoms with Crippen LogP contribution in [0.1, 0.15) is 31.2 Å². The minimum atomic E-state index is -1.42. The zero-order valence-corrected chi connectivity index (χ0v) is 13.0. The first kappa shape index (κ1) is 16.3. The lowest BCUT2D eigenvalue weighted by atomic mass is 9.91. The molecule has 1 amide bonds. The largest absolute Gasteiger partial charge is 0.379 e. The van der Waals surface area contributed by atoms with Crippen molar-refractivity contribution >= 4 is 5.91 Å². The molecule has 0 bridgehead atoms. The first-order valence-corrected chi connectivity index (χ1v) is 8.14. The van der Waals surface area contributed by atoms with Crippen molar-refractivity contribution in [2.75, 3.05) is 19.6 Å². The van der Waals surface area contributed by atoms with Gasteiger partial charge in [-0.3, -0.25) is 4.79 Å². The van der Waals surface area contributed by atoms with Gasteiger partial charge in [0, 0.05) is 32.2 Å². The van der Waals surface area contributed by atoms with Gasteiger partial charge in [-0.05, 0) is 49.3 Å². The maximum absolute atomic E-state index is 13.1. The van der Waals surface area contributed by atoms with Crippen LogP contribution in [-0.4, -0.2) is 41.1 Å². The number of benzene rings is 1. The number of nitrogens with zero attached hydrogens (tertiary/aromatic N) is 1. The second-order valence-corrected chi connectivity index (χ2v) is 6.71. The SMILES string of the molecule is O=C1N(CC2CC2)CCC[C@]1(O)CNCc1cc(F)cc(F)c1. The van der Waals surface area contributed by atoms with Crippen LogP contribution in [0.25, 0.3) is 0 Å². The highest BCUT2D eigenvalue weighted by Crippen LogP contribution is 2.32. The molecule has 1 saturated carbocycles. The monoisotopic (exact) mass is 324 g/mol. The molecule has 1 heterocycles. The van der Waals surface area contributed by atoms with Crippen LogP contribution in [0.4, 0.5) is 8.78 Å². The van der Waals surface area contributed by atoms with Gasteiger partial charge in [0.05, 0.1) is 0 Å². The van der Waals surface area contributed by atoms with Gasteiger partial charge in [0.1, 0.15) is 11.6 Å². The summed E-state index contributed by atoms with van der Waals surface area (Å²) in [5.74, 6) is -0.909. The Kier molecular flexibility index (Phi) is 4.64. The number of hydrogen-bond donors (Lipinski definition) is 2. The van der Waals surface area contributed by atoms with E-state index in [1.807, 2.05) is 0 Å². The highest BCUT2D eigenvalue weighted by Gasteiger charge is 2.43. The topological polar surface area (TPSA) is 52.6 Å². The summed E-state index contributed by atoms with van der Waals surface area (Å²) in [5.41, 5.74) is -0.969. The highest BCUT2D eigenvalue weighted by atomic mass is 19.1. The van der Waals surface area contributed by atoms with E-state index < -0.39 is 17.2 Å². The molecule has 0 spiro atoms. The van der Waals surface area contributed by atoms with E-state index in [0.717, 1.165) is 31.9 Å². The smallest absolute Gasteiger partial charge is 0.255 e. The zero-order chi connectivity index (χ0) is 16.4. The van der Waals surface area contributed by atoms with Gasteiger partial charge in [-0.25, -0.2) is 8.78 Å². The summed E-state index contributed by atoms with van der Waals surface area (Å²) in [6.45, 7) is 1.72. The second kappa shape index (κ2) is 6.53. The molecule has 6 heteroatoms. The average molecular weight is 324 g/mol. The molecule has 4 nitrogen and oxygen atoms in total. The Morgan fingerprint density at radius 3 is 2.61 bits per heavy atom. The van der Waals surface area contributed by atoms with Crippen molar-refractivity contribution in [3.8, 4) is 0 Å². The van der Waals surface area contributed by atoms with Crippen molar-refractivity contribution in [3.63, 3.8) is 0 Å². The van der Waals surface area contributed by atoms with Gasteiger partial charge in [0.25, 0.3) is 5.91 Å². The number of aliphatic hydroxyl groups is 1. The van der Waals surface area contributed by atoms with Crippen LogP contribution in [0.2, 0.25) is 0 Å². The van der Waals surface area contributed by atoms with Crippen LogP contribution in [-0.2, 0) is 11.3 Å². The minimum Gasteiger partial charge on any atom is -0.379 e. The van der Waals surface area contributed by atoms with E-state index in [9.17, 15) is 18.7 Å². The molecule has 23 heavy (non-hydrogen) atoms. The molecule has 1 aromatic rings. The number of halogens is 2. The Labute approximate surface area is 134 Å². The summed E-state index contributed by atoms with van der Waals surface area (Å²) in [6.07, 6.45) is 3.50. The maximum atomic E-state index is 13.1. The Morgan fingerprint density at radius 1 is 1.26 bits per heavy atom. The maximum Gasteiger partial charge on any atom is 0.255 e. The van der Waals surface area contributed by atoms with Crippen LogP contribution in [0.5, 0.6) is 0 Å². The van der Waals surface area contributed by atoms with E-state index in [0.29, 0.717) is 24.4 Å². The van der Waals surface area contributed by atoms with E-state index in [2.05, 4.69) is 5.32 Å². The van der Waals surface area contributed by atoms with E-state index in [4.69, 9.17) is 0 Å². The van der Waals surface area contributed by atoms with Crippen molar-refractivity contribution in [1.29, 1.82) is 0 Å². The lowest BCUT2D eigenvalue weighted by Gasteiger charge is -2.38. The molecule has 2 fully saturated rings. The van der Waals surface area contributed by atoms with Crippen molar-refractivity contribution in [2.24, 2.45) is 5.92 Å². The van der Waals surface area contributed by atoms with Crippen molar-refractivity contribution < 1.29 is 18.7 Å². The standard InChI is InChI=1S/C17H22F2N2O2/c18-14-6-13(7-15(19)8-14)9-20-11-17(23)4-1-5-21(16(17)22)10-12-2-3-12/h6-8,12,20,23H,1-5,9-11H2/t17-/m0/s1. The molecule has 0 unspecified atom stereocenters. The fraction of sp³-hybridized carbons (Fsp3) is 0.588. The van der Waals surface area contributed by atoms with E-state index >= 15 is 0 Å². The fourth-order valence-corrected chi connectivity index (χ4v) is 3.14. The van der Waals surface area contributed by atoms with Crippen LogP contribution in [0.3, 0.4) is 0 Å². The normalized spacial score (nSPS) is 25.0. The van der Waals surface area contributed by atoms with Gasteiger partial charge in [-0.15, -0.1) is 0 Å². The number of rotatable bonds is 6. The second-order valence-electron chi connectivity index (χ2n) is 6.71. The molecule has 3 rings (SSSR count). The van der Waals surface area contributed by atoms with Crippen LogP contribution in [0.15, 0.2) is 18.2 Å². The third kappa shape index (κ3) is 4.06. The Hall–Kier alpha value is -1.53. The average Bonchev–Trinajstić information content (AvgIpc) is 3.27. The molecule has 1 aliphatic heterocycles. The fourth-order valence-electron chi connectivity index (χ4n) is 3.14. The highest BCUT2D eigenvalue weighted by molar-refractivity contribution is 5.86. The summed E-state index contributed by atoms with van der Waals surface area (Å²) < 4.78 is 26.3. The van der Waals surface area contributed by atoms with Crippen molar-refractivity contribution in [3.05, 3.63) is 35.4 Å². The number of nitrogens with one attached hydrogen (secondary N) is 1. The number of carbonyl (C=O) groups is 1. The Bertz CT molecular complexity index is 572. The predicted octanol–water partition coefficient (Wildman–Crippen LogP) is 1.82. The molecule has 1 aliphatic carbocycles. The van der Waals surface area contributed by atoms with Gasteiger partial charge in [0.2, 0.25) is 0 Å². The lowest BCUT2D eigenvalue weighted by molar-refractivity contribution is -0.156. The van der Waals surface area contributed by atoms with Gasteiger partial charge in [-0.1, -0.05) is 0 Å². The van der Waals surface area contributed by atoms with Crippen molar-refractivity contribution in [1.82, 2.24) is 10.2 Å². The van der Waals surface area contributed by atoms with Gasteiger partial charge < -0.3 is 15.3 Å². The molecule has 2 N–H and O–H groups in total. The molecule has 126 valence electrons. The quantitative estimate of drug-likeness (QED) is 0.839. The third-order valence-corrected chi connectivity index (χ3v) is 4.55. The lowest BCUT2D eigenvalue weighted by Crippen LogP contribution is -2.58. The van der Waals surface area contributed by atoms with Crippen LogP contribution in [0, 0.1) is 17.6 Å². The molecule has 0 radical (unpaired) electrons. The van der Waals surface area contributed by atoms with Crippen molar-refractivity contribution in [2.45, 2.75) is 37.8 Å². The molecule has 1 aromatic carbocycles. The summed E-state index contributed by atoms with van der Waals surface area (Å²) in [6, 6.07) is 3.29. The summed E-state index contributed by atoms with van der Waals surface area (Å²) in [4.78, 5) is 14.2. The number of carbonyl (C=O) groups excluding carboxylic acids is 1. The summed E-state index contributed by atoms with van der Waals surface area (Å²) in [5, 5.41) is 13.6. The predicted molar refractivity (Wildman–Crippen MR) is 81.6 cm³/mol. The van der Waals surface area contributed by atoms with Gasteiger partial charge in [0.15, 0.2) is 5.60 Å². The minimum absolute atomic E-state index is 0.0884. The van der Waals surface area contributed by atoms with Gasteiger partial charge in [-0.2, -0.15) is 0 Å². The molecular weight excluding hydrogens is 302 g/mol.